The normalized spacial score (nSPS) is 19.5. The summed E-state index contributed by atoms with van der Waals surface area (Å²) in [6, 6.07) is 8.97. The molecular weight excluding hydrogens is 300 g/mol. The topological polar surface area (TPSA) is 47.6 Å². The Morgan fingerprint density at radius 2 is 1.88 bits per heavy atom. The second-order valence-electron chi connectivity index (χ2n) is 7.18. The molecule has 0 aromatic heterocycles. The molecule has 1 atom stereocenters. The summed E-state index contributed by atoms with van der Waals surface area (Å²) in [7, 11) is 4.25. The molecular formula is C19H32N4O. The van der Waals surface area contributed by atoms with Gasteiger partial charge in [-0.25, -0.2) is 4.79 Å². The highest BCUT2D eigenvalue weighted by Crippen LogP contribution is 2.14. The van der Waals surface area contributed by atoms with E-state index in [1.54, 1.807) is 0 Å². The number of piperazine rings is 1. The van der Waals surface area contributed by atoms with Crippen LogP contribution >= 0.6 is 0 Å². The van der Waals surface area contributed by atoms with Crippen LogP contribution in [0.2, 0.25) is 0 Å². The fraction of sp³-hybridized carbons (Fsp3) is 0.632. The van der Waals surface area contributed by atoms with Crippen LogP contribution in [0.15, 0.2) is 24.3 Å². The molecule has 1 heterocycles. The van der Waals surface area contributed by atoms with Gasteiger partial charge in [-0.1, -0.05) is 38.1 Å². The third kappa shape index (κ3) is 5.80. The van der Waals surface area contributed by atoms with Crippen LogP contribution in [0.25, 0.3) is 0 Å². The summed E-state index contributed by atoms with van der Waals surface area (Å²) in [4.78, 5) is 16.6. The molecule has 2 N–H and O–H groups in total. The Kier molecular flexibility index (Phi) is 7.06. The van der Waals surface area contributed by atoms with Gasteiger partial charge in [-0.2, -0.15) is 0 Å². The predicted molar refractivity (Wildman–Crippen MR) is 99.6 cm³/mol. The number of carbonyl (C=O) groups excluding carboxylic acids is 1. The Balaban J connectivity index is 1.66. The van der Waals surface area contributed by atoms with Crippen LogP contribution in [0.4, 0.5) is 4.79 Å². The van der Waals surface area contributed by atoms with Crippen LogP contribution in [0.5, 0.6) is 0 Å². The van der Waals surface area contributed by atoms with Crippen LogP contribution in [0.3, 0.4) is 0 Å². The number of nitrogens with one attached hydrogen (secondary N) is 2. The molecule has 24 heavy (non-hydrogen) atoms. The smallest absolute Gasteiger partial charge is 0.314 e. The van der Waals surface area contributed by atoms with Crippen molar-refractivity contribution in [1.29, 1.82) is 0 Å². The van der Waals surface area contributed by atoms with Gasteiger partial charge >= 0.3 is 6.03 Å². The predicted octanol–water partition coefficient (Wildman–Crippen LogP) is 1.90. The Labute approximate surface area is 146 Å². The molecule has 1 unspecified atom stereocenters. The van der Waals surface area contributed by atoms with E-state index in [4.69, 9.17) is 0 Å². The molecule has 1 saturated heterocycles. The Hall–Kier alpha value is -1.59. The van der Waals surface area contributed by atoms with Gasteiger partial charge in [-0.05, 0) is 37.6 Å². The second kappa shape index (κ2) is 9.04. The van der Waals surface area contributed by atoms with E-state index in [-0.39, 0.29) is 6.03 Å². The van der Waals surface area contributed by atoms with E-state index < -0.39 is 0 Å². The number of hydrogen-bond donors (Lipinski definition) is 2. The van der Waals surface area contributed by atoms with E-state index in [1.807, 2.05) is 0 Å². The number of likely N-dealkylation sites (N-methyl/N-ethyl adjacent to an activating group) is 2. The zero-order valence-corrected chi connectivity index (χ0v) is 15.5. The highest BCUT2D eigenvalue weighted by molar-refractivity contribution is 5.73. The second-order valence-corrected chi connectivity index (χ2v) is 7.18. The zero-order chi connectivity index (χ0) is 17.5. The summed E-state index contributed by atoms with van der Waals surface area (Å²) < 4.78 is 0. The number of amides is 2. The first-order valence-corrected chi connectivity index (χ1v) is 8.95. The van der Waals surface area contributed by atoms with Gasteiger partial charge in [0.1, 0.15) is 0 Å². The van der Waals surface area contributed by atoms with Gasteiger partial charge in [0, 0.05) is 38.8 Å². The van der Waals surface area contributed by atoms with Gasteiger partial charge in [0.05, 0.1) is 0 Å². The lowest BCUT2D eigenvalue weighted by Crippen LogP contribution is -2.55. The van der Waals surface area contributed by atoms with E-state index in [0.29, 0.717) is 25.0 Å². The van der Waals surface area contributed by atoms with Crippen molar-refractivity contribution in [2.45, 2.75) is 32.2 Å². The maximum Gasteiger partial charge on any atom is 0.314 e. The average Bonchev–Trinajstić information content (AvgIpc) is 2.56. The summed E-state index contributed by atoms with van der Waals surface area (Å²) in [6.45, 7) is 8.89. The third-order valence-corrected chi connectivity index (χ3v) is 4.82. The van der Waals surface area contributed by atoms with Crippen LogP contribution in [0.1, 0.15) is 30.9 Å². The molecule has 0 bridgehead atoms. The van der Waals surface area contributed by atoms with E-state index >= 15 is 0 Å². The molecule has 0 aliphatic carbocycles. The summed E-state index contributed by atoms with van der Waals surface area (Å²) in [5, 5.41) is 5.95. The highest BCUT2D eigenvalue weighted by atomic mass is 16.2. The number of carbonyl (C=O) groups is 1. The van der Waals surface area contributed by atoms with E-state index in [1.165, 1.54) is 11.1 Å². The molecule has 2 amide bonds. The standard InChI is InChI=1S/C19H32N4O/c1-15(2)17-7-5-16(6-8-17)9-10-20-19(24)21-13-18-14-22(3)11-12-23(18)4/h5-8,15,18H,9-14H2,1-4H3,(H2,20,21,24). The van der Waals surface area contributed by atoms with Crippen molar-refractivity contribution in [1.82, 2.24) is 20.4 Å². The Morgan fingerprint density at radius 3 is 2.54 bits per heavy atom. The van der Waals surface area contributed by atoms with Gasteiger partial charge < -0.3 is 15.5 Å². The lowest BCUT2D eigenvalue weighted by molar-refractivity contribution is 0.114. The number of hydrogen-bond acceptors (Lipinski definition) is 3. The summed E-state index contributed by atoms with van der Waals surface area (Å²) >= 11 is 0. The quantitative estimate of drug-likeness (QED) is 0.836. The van der Waals surface area contributed by atoms with Gasteiger partial charge in [0.25, 0.3) is 0 Å². The largest absolute Gasteiger partial charge is 0.338 e. The molecule has 2 rings (SSSR count). The summed E-state index contributed by atoms with van der Waals surface area (Å²) in [5.74, 6) is 0.555. The molecule has 134 valence electrons. The summed E-state index contributed by atoms with van der Waals surface area (Å²) in [5.41, 5.74) is 2.61. The van der Waals surface area contributed by atoms with Gasteiger partial charge in [-0.15, -0.1) is 0 Å². The van der Waals surface area contributed by atoms with Gasteiger partial charge in [-0.3, -0.25) is 4.90 Å². The molecule has 0 saturated carbocycles. The van der Waals surface area contributed by atoms with E-state index in [0.717, 1.165) is 26.1 Å². The lowest BCUT2D eigenvalue weighted by Gasteiger charge is -2.37. The molecule has 5 heteroatoms. The number of benzene rings is 1. The lowest BCUT2D eigenvalue weighted by atomic mass is 10.0. The molecule has 0 spiro atoms. The first kappa shape index (κ1) is 18.7. The third-order valence-electron chi connectivity index (χ3n) is 4.82. The van der Waals surface area contributed by atoms with Crippen LogP contribution < -0.4 is 10.6 Å². The Bertz CT molecular complexity index is 515. The van der Waals surface area contributed by atoms with Crippen LogP contribution in [-0.2, 0) is 6.42 Å². The van der Waals surface area contributed by atoms with Gasteiger partial charge in [0.15, 0.2) is 0 Å². The maximum atomic E-state index is 12.0. The number of nitrogens with zero attached hydrogens (tertiary/aromatic N) is 2. The first-order chi connectivity index (χ1) is 11.5. The minimum Gasteiger partial charge on any atom is -0.338 e. The fourth-order valence-electron chi connectivity index (χ4n) is 2.98. The molecule has 1 fully saturated rings. The molecule has 5 nitrogen and oxygen atoms in total. The van der Waals surface area contributed by atoms with Gasteiger partial charge in [0.2, 0.25) is 0 Å². The van der Waals surface area contributed by atoms with Crippen LogP contribution in [-0.4, -0.2) is 68.7 Å². The average molecular weight is 332 g/mol. The van der Waals surface area contributed by atoms with E-state index in [9.17, 15) is 4.79 Å². The highest BCUT2D eigenvalue weighted by Gasteiger charge is 2.22. The SMILES string of the molecule is CC(C)c1ccc(CCNC(=O)NCC2CN(C)CCN2C)cc1. The minimum atomic E-state index is -0.0737. The van der Waals surface area contributed by atoms with E-state index in [2.05, 4.69) is 72.6 Å². The van der Waals surface area contributed by atoms with Crippen molar-refractivity contribution in [3.8, 4) is 0 Å². The number of urea groups is 1. The van der Waals surface area contributed by atoms with Crippen LogP contribution in [0, 0.1) is 0 Å². The van der Waals surface area contributed by atoms with Crippen molar-refractivity contribution < 1.29 is 4.79 Å². The maximum absolute atomic E-state index is 12.0. The summed E-state index contributed by atoms with van der Waals surface area (Å²) in [6.07, 6.45) is 0.859. The molecule has 1 aromatic rings. The fourth-order valence-corrected chi connectivity index (χ4v) is 2.98. The number of rotatable bonds is 6. The van der Waals surface area contributed by atoms with Crippen molar-refractivity contribution in [2.75, 3.05) is 46.8 Å². The molecule has 1 aliphatic heterocycles. The van der Waals surface area contributed by atoms with Crippen molar-refractivity contribution in [3.63, 3.8) is 0 Å². The van der Waals surface area contributed by atoms with Crippen molar-refractivity contribution >= 4 is 6.03 Å². The van der Waals surface area contributed by atoms with Crippen molar-refractivity contribution in [2.24, 2.45) is 0 Å². The molecule has 1 aromatic carbocycles. The molecule has 0 radical (unpaired) electrons. The monoisotopic (exact) mass is 332 g/mol. The first-order valence-electron chi connectivity index (χ1n) is 8.95. The zero-order valence-electron chi connectivity index (χ0n) is 15.5. The minimum absolute atomic E-state index is 0.0737. The molecule has 1 aliphatic rings. The Morgan fingerprint density at radius 1 is 1.17 bits per heavy atom. The van der Waals surface area contributed by atoms with Crippen molar-refractivity contribution in [3.05, 3.63) is 35.4 Å².